The summed E-state index contributed by atoms with van der Waals surface area (Å²) in [5, 5.41) is 5.57. The van der Waals surface area contributed by atoms with Crippen molar-refractivity contribution in [2.24, 2.45) is 0 Å². The molecule has 2 aliphatic heterocycles. The van der Waals surface area contributed by atoms with Gasteiger partial charge in [0.05, 0.1) is 29.2 Å². The van der Waals surface area contributed by atoms with E-state index in [4.69, 9.17) is 17.0 Å². The molecule has 0 radical (unpaired) electrons. The minimum atomic E-state index is -0.467. The minimum absolute atomic E-state index is 0.138. The predicted molar refractivity (Wildman–Crippen MR) is 211 cm³/mol. The fourth-order valence-corrected chi connectivity index (χ4v) is 7.63. The highest BCUT2D eigenvalue weighted by atomic mass is 32.2. The molecule has 54 heavy (non-hydrogen) atoms. The molecule has 5 aromatic carbocycles. The van der Waals surface area contributed by atoms with E-state index >= 15 is 0 Å². The van der Waals surface area contributed by atoms with E-state index < -0.39 is 17.6 Å². The maximum Gasteiger partial charge on any atom is 0.263 e. The Balaban J connectivity index is 1.10. The molecule has 0 aromatic heterocycles. The zero-order chi connectivity index (χ0) is 37.6. The molecule has 2 saturated heterocycles. The maximum absolute atomic E-state index is 14.4. The third-order valence-electron chi connectivity index (χ3n) is 9.33. The number of benzene rings is 5. The number of ketones is 1. The van der Waals surface area contributed by atoms with Gasteiger partial charge in [-0.1, -0.05) is 109 Å². The summed E-state index contributed by atoms with van der Waals surface area (Å²) in [6, 6.07) is 36.2. The van der Waals surface area contributed by atoms with Crippen molar-refractivity contribution in [2.45, 2.75) is 25.2 Å². The second-order valence-corrected chi connectivity index (χ2v) is 14.6. The van der Waals surface area contributed by atoms with Gasteiger partial charge in [-0.2, -0.15) is 0 Å². The molecule has 5 aromatic rings. The van der Waals surface area contributed by atoms with Crippen molar-refractivity contribution < 1.29 is 28.3 Å². The zero-order valence-corrected chi connectivity index (χ0v) is 30.5. The second kappa shape index (κ2) is 16.5. The summed E-state index contributed by atoms with van der Waals surface area (Å²) >= 11 is 6.24. The third kappa shape index (κ3) is 8.39. The molecule has 8 nitrogen and oxygen atoms in total. The number of hydrogen-bond acceptors (Lipinski definition) is 7. The Hall–Kier alpha value is -5.75. The van der Waals surface area contributed by atoms with Crippen molar-refractivity contribution in [2.75, 3.05) is 13.1 Å². The molecule has 270 valence electrons. The second-order valence-electron chi connectivity index (χ2n) is 12.9. The number of carbonyl (C=O) groups excluding carboxylic acids is 4. The van der Waals surface area contributed by atoms with Crippen molar-refractivity contribution in [3.63, 3.8) is 0 Å². The highest BCUT2D eigenvalue weighted by Gasteiger charge is 2.38. The van der Waals surface area contributed by atoms with Crippen molar-refractivity contribution in [3.05, 3.63) is 171 Å². The van der Waals surface area contributed by atoms with Crippen LogP contribution in [0.25, 0.3) is 17.2 Å². The number of amides is 3. The summed E-state index contributed by atoms with van der Waals surface area (Å²) in [5.74, 6) is -1.83. The predicted octanol–water partition coefficient (Wildman–Crippen LogP) is 7.44. The SMILES string of the molecule is O=C1NC(=S)S/C1=C/c1ccc(C(=O)NC[C@@H]2C[C@@H](OCc3ccccc3-c3ccccc3)CN2C(=O)c2ccccc2C(=O)c2ccc(F)cc2)cc1. The summed E-state index contributed by atoms with van der Waals surface area (Å²) in [6.45, 7) is 0.689. The van der Waals surface area contributed by atoms with Gasteiger partial charge in [0.2, 0.25) is 0 Å². The van der Waals surface area contributed by atoms with Crippen LogP contribution in [-0.4, -0.2) is 58.0 Å². The molecule has 3 amide bonds. The average Bonchev–Trinajstić information content (AvgIpc) is 3.77. The molecule has 2 heterocycles. The van der Waals surface area contributed by atoms with Crippen LogP contribution < -0.4 is 10.6 Å². The number of halogens is 1. The molecular weight excluding hydrogens is 722 g/mol. The van der Waals surface area contributed by atoms with Crippen LogP contribution >= 0.6 is 24.0 Å². The normalized spacial score (nSPS) is 17.4. The van der Waals surface area contributed by atoms with Gasteiger partial charge in [0.15, 0.2) is 5.78 Å². The fourth-order valence-electron chi connectivity index (χ4n) is 6.58. The van der Waals surface area contributed by atoms with Crippen molar-refractivity contribution in [1.29, 1.82) is 0 Å². The smallest absolute Gasteiger partial charge is 0.263 e. The number of ether oxygens (including phenoxy) is 1. The Morgan fingerprint density at radius 3 is 2.24 bits per heavy atom. The number of nitrogens with zero attached hydrogens (tertiary/aromatic N) is 1. The topological polar surface area (TPSA) is 105 Å². The molecule has 2 atom stereocenters. The standard InChI is InChI=1S/C43H34FN3O5S2/c44-32-20-18-29(19-21-32)39(48)36-12-6-7-13-37(36)42(51)47-25-34(52-26-31-10-4-5-11-35(31)28-8-2-1-3-9-28)23-33(47)24-45-40(49)30-16-14-27(15-17-30)22-38-41(50)46-43(53)54-38/h1-22,33-34H,23-26H2,(H,45,49)(H,46,50,53)/b38-22+/t33-,34+/m0/s1. The van der Waals surface area contributed by atoms with Crippen molar-refractivity contribution in [3.8, 4) is 11.1 Å². The van der Waals surface area contributed by atoms with Gasteiger partial charge in [-0.3, -0.25) is 19.2 Å². The van der Waals surface area contributed by atoms with Gasteiger partial charge >= 0.3 is 0 Å². The molecule has 11 heteroatoms. The molecule has 0 saturated carbocycles. The summed E-state index contributed by atoms with van der Waals surface area (Å²) in [5.41, 5.74) is 4.94. The highest BCUT2D eigenvalue weighted by Crippen LogP contribution is 2.29. The summed E-state index contributed by atoms with van der Waals surface area (Å²) in [6.07, 6.45) is 1.80. The van der Waals surface area contributed by atoms with Crippen LogP contribution in [-0.2, 0) is 16.1 Å². The first kappa shape index (κ1) is 36.6. The summed E-state index contributed by atoms with van der Waals surface area (Å²) in [4.78, 5) is 55.5. The van der Waals surface area contributed by atoms with Crippen LogP contribution in [0.3, 0.4) is 0 Å². The third-order valence-corrected chi connectivity index (χ3v) is 10.5. The molecule has 0 spiro atoms. The molecule has 2 N–H and O–H groups in total. The van der Waals surface area contributed by atoms with E-state index in [1.54, 1.807) is 59.5 Å². The lowest BCUT2D eigenvalue weighted by Gasteiger charge is -2.25. The Morgan fingerprint density at radius 1 is 0.852 bits per heavy atom. The summed E-state index contributed by atoms with van der Waals surface area (Å²) < 4.78 is 20.5. The Morgan fingerprint density at radius 2 is 1.52 bits per heavy atom. The maximum atomic E-state index is 14.4. The quantitative estimate of drug-likeness (QED) is 0.0821. The van der Waals surface area contributed by atoms with E-state index in [9.17, 15) is 23.6 Å². The van der Waals surface area contributed by atoms with Crippen LogP contribution in [0.15, 0.2) is 132 Å². The van der Waals surface area contributed by atoms with Gasteiger partial charge in [-0.05, 0) is 77.2 Å². The molecule has 0 unspecified atom stereocenters. The van der Waals surface area contributed by atoms with Gasteiger partial charge in [-0.15, -0.1) is 0 Å². The monoisotopic (exact) mass is 755 g/mol. The van der Waals surface area contributed by atoms with E-state index in [1.807, 2.05) is 48.5 Å². The number of thioether (sulfide) groups is 1. The lowest BCUT2D eigenvalue weighted by molar-refractivity contribution is -0.115. The van der Waals surface area contributed by atoms with Gasteiger partial charge < -0.3 is 20.3 Å². The largest absolute Gasteiger partial charge is 0.372 e. The Bertz CT molecular complexity index is 2260. The number of carbonyl (C=O) groups is 4. The van der Waals surface area contributed by atoms with Crippen molar-refractivity contribution >= 4 is 57.9 Å². The molecule has 0 aliphatic carbocycles. The number of thiocarbonyl (C=S) groups is 1. The molecule has 7 rings (SSSR count). The van der Waals surface area contributed by atoms with E-state index in [0.29, 0.717) is 27.8 Å². The first-order valence-electron chi connectivity index (χ1n) is 17.3. The highest BCUT2D eigenvalue weighted by molar-refractivity contribution is 8.26. The Kier molecular flexibility index (Phi) is 11.2. The number of rotatable bonds is 11. The van der Waals surface area contributed by atoms with Crippen LogP contribution in [0, 0.1) is 5.82 Å². The van der Waals surface area contributed by atoms with E-state index in [2.05, 4.69) is 16.7 Å². The number of nitrogens with one attached hydrogen (secondary N) is 2. The minimum Gasteiger partial charge on any atom is -0.372 e. The lowest BCUT2D eigenvalue weighted by Crippen LogP contribution is -2.43. The van der Waals surface area contributed by atoms with Gasteiger partial charge in [-0.25, -0.2) is 4.39 Å². The van der Waals surface area contributed by atoms with E-state index in [1.165, 1.54) is 36.0 Å². The molecule has 0 bridgehead atoms. The first-order chi connectivity index (χ1) is 26.2. The molecule has 2 aliphatic rings. The van der Waals surface area contributed by atoms with E-state index in [0.717, 1.165) is 22.3 Å². The van der Waals surface area contributed by atoms with Crippen LogP contribution in [0.5, 0.6) is 0 Å². The van der Waals surface area contributed by atoms with Crippen LogP contribution in [0.2, 0.25) is 0 Å². The summed E-state index contributed by atoms with van der Waals surface area (Å²) in [7, 11) is 0. The van der Waals surface area contributed by atoms with Crippen LogP contribution in [0.1, 0.15) is 54.2 Å². The molecular formula is C43H34FN3O5S2. The fraction of sp³-hybridized carbons (Fsp3) is 0.140. The van der Waals surface area contributed by atoms with Gasteiger partial charge in [0.1, 0.15) is 10.1 Å². The van der Waals surface area contributed by atoms with Crippen LogP contribution in [0.4, 0.5) is 4.39 Å². The average molecular weight is 756 g/mol. The van der Waals surface area contributed by atoms with Gasteiger partial charge in [0, 0.05) is 29.8 Å². The van der Waals surface area contributed by atoms with Gasteiger partial charge in [0.25, 0.3) is 17.7 Å². The number of likely N-dealkylation sites (tertiary alicyclic amines) is 1. The van der Waals surface area contributed by atoms with E-state index in [-0.39, 0.29) is 53.6 Å². The Labute approximate surface area is 321 Å². The number of hydrogen-bond donors (Lipinski definition) is 2. The van der Waals surface area contributed by atoms with Crippen molar-refractivity contribution in [1.82, 2.24) is 15.5 Å². The molecule has 2 fully saturated rings. The first-order valence-corrected chi connectivity index (χ1v) is 18.5. The lowest BCUT2D eigenvalue weighted by atomic mass is 9.97. The zero-order valence-electron chi connectivity index (χ0n) is 28.9.